The van der Waals surface area contributed by atoms with E-state index < -0.39 is 29.7 Å². The van der Waals surface area contributed by atoms with E-state index in [1.54, 1.807) is 0 Å². The molecule has 2 heterocycles. The maximum absolute atomic E-state index is 15.1. The van der Waals surface area contributed by atoms with E-state index in [9.17, 15) is 9.90 Å². The molecule has 7 heteroatoms. The highest BCUT2D eigenvalue weighted by molar-refractivity contribution is 5.40. The molecule has 0 radical (unpaired) electrons. The number of rotatable bonds is 3. The molecule has 0 spiro atoms. The fraction of sp³-hybridized carbons (Fsp3) is 0.500. The number of H-pyrrole nitrogens is 1. The van der Waals surface area contributed by atoms with Crippen molar-refractivity contribution in [2.24, 2.45) is 0 Å². The quantitative estimate of drug-likeness (QED) is 0.784. The minimum absolute atomic E-state index is 0.00606. The Morgan fingerprint density at radius 3 is 3.04 bits per heavy atom. The van der Waals surface area contributed by atoms with Gasteiger partial charge in [-0.3, -0.25) is 4.98 Å². The third-order valence-electron chi connectivity index (χ3n) is 4.47. The van der Waals surface area contributed by atoms with Crippen molar-refractivity contribution in [3.63, 3.8) is 0 Å². The predicted octanol–water partition coefficient (Wildman–Crippen LogP) is 1.55. The molecule has 1 aromatic heterocycles. The third-order valence-corrected chi connectivity index (χ3v) is 4.47. The highest BCUT2D eigenvalue weighted by Gasteiger charge is 2.55. The van der Waals surface area contributed by atoms with Crippen LogP contribution in [-0.4, -0.2) is 33.0 Å². The number of aromatic amines is 1. The lowest BCUT2D eigenvalue weighted by Crippen LogP contribution is -2.38. The summed E-state index contributed by atoms with van der Waals surface area (Å²) in [7, 11) is 0. The number of ether oxygens (including phenoxy) is 1. The Kier molecular flexibility index (Phi) is 4.08. The van der Waals surface area contributed by atoms with E-state index in [0.717, 1.165) is 18.4 Å². The first-order valence-electron chi connectivity index (χ1n) is 7.61. The van der Waals surface area contributed by atoms with Crippen molar-refractivity contribution < 1.29 is 14.2 Å². The molecule has 1 fully saturated rings. The fourth-order valence-corrected chi connectivity index (χ4v) is 3.15. The summed E-state index contributed by atoms with van der Waals surface area (Å²) >= 11 is 0. The maximum Gasteiger partial charge on any atom is 0.346 e. The Balaban J connectivity index is 1.86. The molecule has 1 aromatic rings. The molecule has 0 aromatic carbocycles. The molecule has 6 nitrogen and oxygen atoms in total. The lowest BCUT2D eigenvalue weighted by Gasteiger charge is -2.24. The second-order valence-corrected chi connectivity index (χ2v) is 6.20. The number of nitrogens with one attached hydrogen (secondary N) is 1. The average Bonchev–Trinajstić information content (AvgIpc) is 2.72. The van der Waals surface area contributed by atoms with Gasteiger partial charge in [-0.15, -0.1) is 0 Å². The fourth-order valence-electron chi connectivity index (χ4n) is 3.15. The number of alkyl halides is 1. The SMILES string of the molecule is C[C@]1(F)[C@@H](c2cnc(=O)[nH]c2N)O[C@H](CC2=CC=CCC2)[C@H]1O. The van der Waals surface area contributed by atoms with Gasteiger partial charge in [-0.25, -0.2) is 14.2 Å². The van der Waals surface area contributed by atoms with Crippen LogP contribution < -0.4 is 11.4 Å². The molecule has 1 saturated heterocycles. The van der Waals surface area contributed by atoms with Crippen LogP contribution in [0.2, 0.25) is 0 Å². The average molecular weight is 321 g/mol. The van der Waals surface area contributed by atoms with Crippen LogP contribution in [0.15, 0.2) is 34.8 Å². The van der Waals surface area contributed by atoms with Gasteiger partial charge in [-0.1, -0.05) is 23.8 Å². The molecule has 2 aliphatic rings. The van der Waals surface area contributed by atoms with E-state index in [4.69, 9.17) is 10.5 Å². The highest BCUT2D eigenvalue weighted by atomic mass is 19.1. The molecular weight excluding hydrogens is 301 g/mol. The van der Waals surface area contributed by atoms with E-state index in [0.29, 0.717) is 6.42 Å². The predicted molar refractivity (Wildman–Crippen MR) is 83.5 cm³/mol. The van der Waals surface area contributed by atoms with Crippen LogP contribution in [0.5, 0.6) is 0 Å². The summed E-state index contributed by atoms with van der Waals surface area (Å²) in [5.41, 5.74) is 4.47. The number of anilines is 1. The van der Waals surface area contributed by atoms with Crippen LogP contribution in [-0.2, 0) is 4.74 Å². The van der Waals surface area contributed by atoms with Gasteiger partial charge >= 0.3 is 5.69 Å². The Bertz CT molecular complexity index is 711. The van der Waals surface area contributed by atoms with Crippen molar-refractivity contribution in [3.8, 4) is 0 Å². The van der Waals surface area contributed by atoms with Crippen molar-refractivity contribution in [1.29, 1.82) is 0 Å². The number of nitrogens with zero attached hydrogens (tertiary/aromatic N) is 1. The Hall–Kier alpha value is -1.99. The number of hydrogen-bond donors (Lipinski definition) is 3. The van der Waals surface area contributed by atoms with Crippen molar-refractivity contribution in [2.75, 3.05) is 5.73 Å². The first-order valence-corrected chi connectivity index (χ1v) is 7.61. The Labute approximate surface area is 132 Å². The molecule has 0 saturated carbocycles. The molecule has 124 valence electrons. The molecular formula is C16H20FN3O3. The molecule has 23 heavy (non-hydrogen) atoms. The van der Waals surface area contributed by atoms with Crippen LogP contribution in [0.1, 0.15) is 37.9 Å². The van der Waals surface area contributed by atoms with E-state index >= 15 is 4.39 Å². The number of aliphatic hydroxyl groups excluding tert-OH is 1. The number of nitrogens with two attached hydrogens (primary N) is 1. The zero-order chi connectivity index (χ0) is 16.6. The van der Waals surface area contributed by atoms with Crippen LogP contribution in [0.3, 0.4) is 0 Å². The minimum Gasteiger partial charge on any atom is -0.387 e. The summed E-state index contributed by atoms with van der Waals surface area (Å²) < 4.78 is 20.8. The largest absolute Gasteiger partial charge is 0.387 e. The normalized spacial score (nSPS) is 33.7. The van der Waals surface area contributed by atoms with Gasteiger partial charge in [0.1, 0.15) is 18.0 Å². The van der Waals surface area contributed by atoms with Crippen molar-refractivity contribution in [2.45, 2.75) is 50.2 Å². The van der Waals surface area contributed by atoms with Gasteiger partial charge < -0.3 is 15.6 Å². The molecule has 1 aliphatic heterocycles. The third kappa shape index (κ3) is 2.94. The van der Waals surface area contributed by atoms with E-state index in [1.807, 2.05) is 12.2 Å². The van der Waals surface area contributed by atoms with Gasteiger partial charge in [-0.05, 0) is 26.2 Å². The van der Waals surface area contributed by atoms with Crippen molar-refractivity contribution >= 4 is 5.82 Å². The van der Waals surface area contributed by atoms with Gasteiger partial charge in [-0.2, -0.15) is 0 Å². The van der Waals surface area contributed by atoms with Gasteiger partial charge in [0.05, 0.1) is 6.10 Å². The van der Waals surface area contributed by atoms with Gasteiger partial charge in [0.15, 0.2) is 5.67 Å². The Morgan fingerprint density at radius 2 is 2.39 bits per heavy atom. The van der Waals surface area contributed by atoms with Crippen LogP contribution in [0.4, 0.5) is 10.2 Å². The molecule has 0 unspecified atom stereocenters. The summed E-state index contributed by atoms with van der Waals surface area (Å²) in [5, 5.41) is 10.3. The number of aromatic nitrogens is 2. The lowest BCUT2D eigenvalue weighted by molar-refractivity contribution is 0.00123. The minimum atomic E-state index is -2.02. The molecule has 0 bridgehead atoms. The number of halogens is 1. The summed E-state index contributed by atoms with van der Waals surface area (Å²) in [6, 6.07) is 0. The first-order chi connectivity index (χ1) is 10.9. The zero-order valence-electron chi connectivity index (χ0n) is 12.8. The smallest absolute Gasteiger partial charge is 0.346 e. The number of hydrogen-bond acceptors (Lipinski definition) is 5. The summed E-state index contributed by atoms with van der Waals surface area (Å²) in [4.78, 5) is 17.1. The number of nitrogen functional groups attached to an aromatic ring is 1. The standard InChI is InChI=1S/C16H20FN3O3/c1-16(17)12(21)11(7-9-5-3-2-4-6-9)23-13(16)10-8-19-15(22)20-14(10)18/h2-3,5,8,11-13,21H,4,6-7H2,1H3,(H3,18,19,20,22)/t11-,12-,13-,16-/m1/s1. The molecule has 0 amide bonds. The van der Waals surface area contributed by atoms with Crippen molar-refractivity contribution in [3.05, 3.63) is 46.0 Å². The second kappa shape index (κ2) is 5.90. The lowest BCUT2D eigenvalue weighted by atomic mass is 9.88. The monoisotopic (exact) mass is 321 g/mol. The molecule has 4 N–H and O–H groups in total. The van der Waals surface area contributed by atoms with Crippen LogP contribution in [0.25, 0.3) is 0 Å². The molecule has 4 atom stereocenters. The zero-order valence-corrected chi connectivity index (χ0v) is 12.8. The number of allylic oxidation sites excluding steroid dienone is 3. The maximum atomic E-state index is 15.1. The van der Waals surface area contributed by atoms with E-state index in [1.165, 1.54) is 13.1 Å². The van der Waals surface area contributed by atoms with Crippen LogP contribution >= 0.6 is 0 Å². The molecule has 3 rings (SSSR count). The molecule has 1 aliphatic carbocycles. The van der Waals surface area contributed by atoms with Gasteiger partial charge in [0.2, 0.25) is 0 Å². The van der Waals surface area contributed by atoms with Crippen molar-refractivity contribution in [1.82, 2.24) is 9.97 Å². The van der Waals surface area contributed by atoms with E-state index in [-0.39, 0.29) is 11.4 Å². The summed E-state index contributed by atoms with van der Waals surface area (Å²) in [6.45, 7) is 1.28. The second-order valence-electron chi connectivity index (χ2n) is 6.20. The van der Waals surface area contributed by atoms with Gasteiger partial charge in [0, 0.05) is 11.8 Å². The van der Waals surface area contributed by atoms with E-state index in [2.05, 4.69) is 16.0 Å². The highest BCUT2D eigenvalue weighted by Crippen LogP contribution is 2.46. The van der Waals surface area contributed by atoms with Crippen LogP contribution in [0, 0.1) is 0 Å². The summed E-state index contributed by atoms with van der Waals surface area (Å²) in [5.74, 6) is 0.00606. The summed E-state index contributed by atoms with van der Waals surface area (Å²) in [6.07, 6.45) is 6.42. The first kappa shape index (κ1) is 15.9. The van der Waals surface area contributed by atoms with Gasteiger partial charge in [0.25, 0.3) is 0 Å². The number of aliphatic hydroxyl groups is 1. The topological polar surface area (TPSA) is 101 Å². The Morgan fingerprint density at radius 1 is 1.61 bits per heavy atom.